The van der Waals surface area contributed by atoms with E-state index < -0.39 is 5.82 Å². The van der Waals surface area contributed by atoms with Gasteiger partial charge in [0.15, 0.2) is 5.01 Å². The molecule has 1 unspecified atom stereocenters. The lowest BCUT2D eigenvalue weighted by Gasteiger charge is -2.43. The number of nitrogens with one attached hydrogen (secondary N) is 1. The van der Waals surface area contributed by atoms with E-state index in [9.17, 15) is 4.39 Å². The van der Waals surface area contributed by atoms with E-state index in [0.29, 0.717) is 10.2 Å². The Morgan fingerprint density at radius 2 is 2.30 bits per heavy atom. The average Bonchev–Trinajstić information content (AvgIpc) is 2.87. The van der Waals surface area contributed by atoms with Crippen molar-refractivity contribution in [1.29, 1.82) is 5.26 Å². The molecule has 1 N–H and O–H groups in total. The number of fused-ring (bicyclic) bond motifs is 1. The SMILES string of the molecule is CN1CCC(Nc2c(F)cc3sc(C#N)nc3c2Cl)C(C)(C)C1. The highest BCUT2D eigenvalue weighted by atomic mass is 35.5. The number of nitriles is 1. The molecule has 1 aliphatic heterocycles. The molecule has 0 radical (unpaired) electrons. The van der Waals surface area contributed by atoms with Gasteiger partial charge in [-0.2, -0.15) is 5.26 Å². The molecular formula is C16H18ClFN4S. The maximum Gasteiger partial charge on any atom is 0.195 e. The third-order valence-corrected chi connectivity index (χ3v) is 5.69. The first-order valence-corrected chi connectivity index (χ1v) is 8.65. The number of aromatic nitrogens is 1. The van der Waals surface area contributed by atoms with Crippen LogP contribution >= 0.6 is 22.9 Å². The molecule has 0 aliphatic carbocycles. The van der Waals surface area contributed by atoms with Crippen molar-refractivity contribution < 1.29 is 4.39 Å². The van der Waals surface area contributed by atoms with E-state index in [1.165, 1.54) is 6.07 Å². The highest BCUT2D eigenvalue weighted by Gasteiger charge is 2.35. The van der Waals surface area contributed by atoms with Crippen LogP contribution in [0.4, 0.5) is 10.1 Å². The minimum absolute atomic E-state index is 0.00237. The predicted molar refractivity (Wildman–Crippen MR) is 92.6 cm³/mol. The van der Waals surface area contributed by atoms with Crippen molar-refractivity contribution in [1.82, 2.24) is 9.88 Å². The molecule has 3 rings (SSSR count). The number of benzene rings is 1. The summed E-state index contributed by atoms with van der Waals surface area (Å²) in [5.41, 5.74) is 0.775. The Balaban J connectivity index is 1.98. The van der Waals surface area contributed by atoms with Crippen LogP contribution in [0.15, 0.2) is 6.07 Å². The molecule has 1 aromatic carbocycles. The number of nitrogens with zero attached hydrogens (tertiary/aromatic N) is 3. The number of hydrogen-bond donors (Lipinski definition) is 1. The van der Waals surface area contributed by atoms with E-state index in [1.807, 2.05) is 6.07 Å². The lowest BCUT2D eigenvalue weighted by atomic mass is 9.79. The molecule has 2 aromatic rings. The summed E-state index contributed by atoms with van der Waals surface area (Å²) in [7, 11) is 2.09. The Kier molecular flexibility index (Phi) is 4.21. The predicted octanol–water partition coefficient (Wildman–Crippen LogP) is 4.10. The molecule has 1 saturated heterocycles. The summed E-state index contributed by atoms with van der Waals surface area (Å²) in [4.78, 5) is 6.46. The zero-order valence-corrected chi connectivity index (χ0v) is 14.9. The monoisotopic (exact) mass is 352 g/mol. The van der Waals surface area contributed by atoms with Crippen molar-refractivity contribution in [2.45, 2.75) is 26.3 Å². The summed E-state index contributed by atoms with van der Waals surface area (Å²) < 4.78 is 15.1. The van der Waals surface area contributed by atoms with E-state index >= 15 is 0 Å². The van der Waals surface area contributed by atoms with Crippen LogP contribution in [0.3, 0.4) is 0 Å². The summed E-state index contributed by atoms with van der Waals surface area (Å²) in [5.74, 6) is -0.398. The van der Waals surface area contributed by atoms with Crippen molar-refractivity contribution in [3.05, 3.63) is 21.9 Å². The van der Waals surface area contributed by atoms with E-state index in [4.69, 9.17) is 16.9 Å². The van der Waals surface area contributed by atoms with Gasteiger partial charge >= 0.3 is 0 Å². The molecule has 1 aliphatic rings. The Hall–Kier alpha value is -1.42. The van der Waals surface area contributed by atoms with E-state index in [2.05, 4.69) is 36.1 Å². The molecule has 0 amide bonds. The first kappa shape index (κ1) is 16.4. The van der Waals surface area contributed by atoms with Crippen LogP contribution in [-0.2, 0) is 0 Å². The van der Waals surface area contributed by atoms with Gasteiger partial charge in [-0.3, -0.25) is 0 Å². The summed E-state index contributed by atoms with van der Waals surface area (Å²) in [6.07, 6.45) is 0.915. The summed E-state index contributed by atoms with van der Waals surface area (Å²) >= 11 is 7.53. The molecule has 23 heavy (non-hydrogen) atoms. The molecule has 0 spiro atoms. The molecule has 1 aromatic heterocycles. The van der Waals surface area contributed by atoms with Gasteiger partial charge in [0, 0.05) is 12.6 Å². The van der Waals surface area contributed by atoms with Gasteiger partial charge in [-0.15, -0.1) is 11.3 Å². The molecule has 4 nitrogen and oxygen atoms in total. The maximum atomic E-state index is 14.5. The van der Waals surface area contributed by atoms with Gasteiger partial charge in [0.1, 0.15) is 17.4 Å². The highest BCUT2D eigenvalue weighted by Crippen LogP contribution is 2.39. The lowest BCUT2D eigenvalue weighted by molar-refractivity contribution is 0.126. The number of anilines is 1. The number of thiazole rings is 1. The smallest absolute Gasteiger partial charge is 0.195 e. The number of piperidine rings is 1. The fourth-order valence-electron chi connectivity index (χ4n) is 3.24. The van der Waals surface area contributed by atoms with Gasteiger partial charge in [-0.25, -0.2) is 9.37 Å². The average molecular weight is 353 g/mol. The number of halogens is 2. The first-order chi connectivity index (χ1) is 10.8. The Bertz CT molecular complexity index is 795. The fourth-order valence-corrected chi connectivity index (χ4v) is 4.39. The van der Waals surface area contributed by atoms with Gasteiger partial charge in [-0.1, -0.05) is 25.4 Å². The topological polar surface area (TPSA) is 52.0 Å². The quantitative estimate of drug-likeness (QED) is 0.884. The van der Waals surface area contributed by atoms with Gasteiger partial charge < -0.3 is 10.2 Å². The summed E-state index contributed by atoms with van der Waals surface area (Å²) in [6, 6.07) is 3.51. The van der Waals surface area contributed by atoms with E-state index in [1.54, 1.807) is 0 Å². The molecule has 1 fully saturated rings. The van der Waals surface area contributed by atoms with Gasteiger partial charge in [-0.05, 0) is 31.5 Å². The molecule has 122 valence electrons. The van der Waals surface area contributed by atoms with E-state index in [0.717, 1.165) is 30.8 Å². The van der Waals surface area contributed by atoms with E-state index in [-0.39, 0.29) is 27.2 Å². The zero-order valence-electron chi connectivity index (χ0n) is 13.3. The van der Waals surface area contributed by atoms with Crippen molar-refractivity contribution in [3.63, 3.8) is 0 Å². The van der Waals surface area contributed by atoms with Gasteiger partial charge in [0.2, 0.25) is 0 Å². The van der Waals surface area contributed by atoms with Crippen molar-refractivity contribution >= 4 is 38.8 Å². The maximum absolute atomic E-state index is 14.5. The van der Waals surface area contributed by atoms with Crippen LogP contribution in [0.2, 0.25) is 5.02 Å². The summed E-state index contributed by atoms with van der Waals surface area (Å²) in [6.45, 7) is 6.22. The normalized spacial score (nSPS) is 21.3. The largest absolute Gasteiger partial charge is 0.378 e. The molecule has 2 heterocycles. The van der Waals surface area contributed by atoms with Crippen LogP contribution in [0.1, 0.15) is 25.3 Å². The second kappa shape index (κ2) is 5.90. The van der Waals surface area contributed by atoms with Crippen molar-refractivity contribution in [3.8, 4) is 6.07 Å². The highest BCUT2D eigenvalue weighted by molar-refractivity contribution is 7.19. The standard InChI is InChI=1S/C16H18ClFN4S/c1-16(2)8-22(3)5-4-11(16)20-14-9(18)6-10-15(13(14)17)21-12(7-19)23-10/h6,11,20H,4-5,8H2,1-3H3. The Morgan fingerprint density at radius 1 is 1.57 bits per heavy atom. The molecule has 0 saturated carbocycles. The zero-order chi connectivity index (χ0) is 16.8. The summed E-state index contributed by atoms with van der Waals surface area (Å²) in [5, 5.41) is 12.8. The second-order valence-electron chi connectivity index (χ2n) is 6.74. The first-order valence-electron chi connectivity index (χ1n) is 7.45. The molecule has 0 bridgehead atoms. The fraction of sp³-hybridized carbons (Fsp3) is 0.500. The van der Waals surface area contributed by atoms with Crippen LogP contribution in [0.5, 0.6) is 0 Å². The van der Waals surface area contributed by atoms with Crippen molar-refractivity contribution in [2.75, 3.05) is 25.5 Å². The molecule has 7 heteroatoms. The third-order valence-electron chi connectivity index (χ3n) is 4.41. The molecular weight excluding hydrogens is 335 g/mol. The van der Waals surface area contributed by atoms with Gasteiger partial charge in [0.05, 0.1) is 15.4 Å². The third kappa shape index (κ3) is 3.01. The van der Waals surface area contributed by atoms with Gasteiger partial charge in [0.25, 0.3) is 0 Å². The minimum Gasteiger partial charge on any atom is -0.378 e. The number of rotatable bonds is 2. The van der Waals surface area contributed by atoms with Crippen LogP contribution < -0.4 is 5.32 Å². The van der Waals surface area contributed by atoms with Crippen LogP contribution in [0.25, 0.3) is 10.2 Å². The minimum atomic E-state index is -0.398. The van der Waals surface area contributed by atoms with Crippen LogP contribution in [0, 0.1) is 22.6 Å². The lowest BCUT2D eigenvalue weighted by Crippen LogP contribution is -2.50. The second-order valence-corrected chi connectivity index (χ2v) is 8.15. The molecule has 1 atom stereocenters. The number of hydrogen-bond acceptors (Lipinski definition) is 5. The Labute approximate surface area is 143 Å². The number of likely N-dealkylation sites (tertiary alicyclic amines) is 1. The van der Waals surface area contributed by atoms with Crippen molar-refractivity contribution in [2.24, 2.45) is 5.41 Å². The Morgan fingerprint density at radius 3 is 2.96 bits per heavy atom. The van der Waals surface area contributed by atoms with Crippen LogP contribution in [-0.4, -0.2) is 36.1 Å².